The molecule has 1 aliphatic rings. The first-order valence-corrected chi connectivity index (χ1v) is 6.57. The molecule has 0 radical (unpaired) electrons. The Labute approximate surface area is 113 Å². The Kier molecular flexibility index (Phi) is 31.6. The summed E-state index contributed by atoms with van der Waals surface area (Å²) < 4.78 is 0. The van der Waals surface area contributed by atoms with Crippen LogP contribution in [0.3, 0.4) is 0 Å². The van der Waals surface area contributed by atoms with Gasteiger partial charge in [-0.3, -0.25) is 4.79 Å². The smallest absolute Gasteiger partial charge is 0.290 e. The maximum atomic E-state index is 9.26. The maximum absolute atomic E-state index is 9.26. The number of hydrogen-bond donors (Lipinski definition) is 1. The highest BCUT2D eigenvalue weighted by molar-refractivity contribution is 6.40. The molecule has 1 saturated carbocycles. The third-order valence-corrected chi connectivity index (χ3v) is 1.79. The van der Waals surface area contributed by atoms with Gasteiger partial charge < -0.3 is 15.0 Å². The molecule has 0 aromatic carbocycles. The van der Waals surface area contributed by atoms with Crippen LogP contribution >= 0.6 is 23.2 Å². The van der Waals surface area contributed by atoms with Crippen LogP contribution in [0, 0.1) is 0 Å². The van der Waals surface area contributed by atoms with E-state index in [1.807, 2.05) is 0 Å². The van der Waals surface area contributed by atoms with Gasteiger partial charge in [0.15, 0.2) is 0 Å². The van der Waals surface area contributed by atoms with Gasteiger partial charge in [0.25, 0.3) is 6.47 Å². The second kappa shape index (κ2) is 24.7. The molecule has 1 fully saturated rings. The summed E-state index contributed by atoms with van der Waals surface area (Å²) >= 11 is 9.53. The molecule has 6 heteroatoms. The number of hydrogen-bond acceptors (Lipinski definition) is 3. The van der Waals surface area contributed by atoms with Crippen molar-refractivity contribution < 1.29 is 19.8 Å². The summed E-state index contributed by atoms with van der Waals surface area (Å²) in [6, 6.07) is 0. The lowest BCUT2D eigenvalue weighted by molar-refractivity contribution is -0.305. The van der Waals surface area contributed by atoms with Crippen molar-refractivity contribution in [3.8, 4) is 0 Å². The summed E-state index contributed by atoms with van der Waals surface area (Å²) in [5.41, 5.74) is 0. The molecular weight excluding hydrogens is 267 g/mol. The van der Waals surface area contributed by atoms with E-state index in [2.05, 4.69) is 0 Å². The van der Waals surface area contributed by atoms with E-state index in [4.69, 9.17) is 33.1 Å². The van der Waals surface area contributed by atoms with Gasteiger partial charge in [0.1, 0.15) is 0 Å². The van der Waals surface area contributed by atoms with Gasteiger partial charge in [-0.2, -0.15) is 0 Å². The van der Waals surface area contributed by atoms with Gasteiger partial charge in [0, 0.05) is 5.97 Å². The van der Waals surface area contributed by atoms with Gasteiger partial charge in [0.2, 0.25) is 0 Å². The third-order valence-electron chi connectivity index (χ3n) is 1.79. The minimum Gasteiger partial charge on any atom is -0.550 e. The number of aliphatic carboxylic acids is 1. The zero-order chi connectivity index (χ0) is 13.9. The van der Waals surface area contributed by atoms with E-state index in [0.717, 1.165) is 0 Å². The minimum absolute atomic E-state index is 0.111. The number of halogens is 2. The number of rotatable bonds is 1. The van der Waals surface area contributed by atoms with Crippen LogP contribution in [0.2, 0.25) is 0 Å². The van der Waals surface area contributed by atoms with Gasteiger partial charge in [0.05, 0.1) is 5.34 Å². The second-order valence-electron chi connectivity index (χ2n) is 3.05. The lowest BCUT2D eigenvalue weighted by Crippen LogP contribution is -2.19. The summed E-state index contributed by atoms with van der Waals surface area (Å²) in [6.45, 7) is 1.29. The van der Waals surface area contributed by atoms with Crippen LogP contribution in [0.5, 0.6) is 0 Å². The van der Waals surface area contributed by atoms with Crippen molar-refractivity contribution in [1.82, 2.24) is 0 Å². The topological polar surface area (TPSA) is 77.4 Å². The molecule has 0 unspecified atom stereocenters. The fourth-order valence-electron chi connectivity index (χ4n) is 1.06. The highest BCUT2D eigenvalue weighted by Crippen LogP contribution is 2.15. The van der Waals surface area contributed by atoms with Gasteiger partial charge >= 0.3 is 0 Å². The lowest BCUT2D eigenvalue weighted by atomic mass is 10.0. The molecule has 1 N–H and O–H groups in total. The molecule has 0 aliphatic heterocycles. The van der Waals surface area contributed by atoms with E-state index in [1.54, 1.807) is 0 Å². The molecule has 0 bridgehead atoms. The highest BCUT2D eigenvalue weighted by atomic mass is 35.5. The molecular formula is C11H21Cl2O4-. The van der Waals surface area contributed by atoms with E-state index in [-0.39, 0.29) is 18.2 Å². The van der Waals surface area contributed by atoms with E-state index < -0.39 is 5.97 Å². The largest absolute Gasteiger partial charge is 0.550 e. The Hall–Kier alpha value is -0.480. The molecule has 0 aromatic heterocycles. The van der Waals surface area contributed by atoms with E-state index >= 15 is 0 Å². The van der Waals surface area contributed by atoms with Crippen molar-refractivity contribution in [1.29, 1.82) is 0 Å². The van der Waals surface area contributed by atoms with Gasteiger partial charge in [-0.15, -0.1) is 23.2 Å². The Morgan fingerprint density at radius 1 is 1.18 bits per heavy atom. The first kappa shape index (κ1) is 21.8. The molecule has 17 heavy (non-hydrogen) atoms. The highest BCUT2D eigenvalue weighted by Gasteiger charge is 1.95. The molecule has 104 valence electrons. The molecule has 0 heterocycles. The van der Waals surface area contributed by atoms with Crippen molar-refractivity contribution in [3.63, 3.8) is 0 Å². The van der Waals surface area contributed by atoms with Crippen molar-refractivity contribution in [3.05, 3.63) is 0 Å². The van der Waals surface area contributed by atoms with Crippen molar-refractivity contribution in [2.45, 2.75) is 51.9 Å². The average molecular weight is 288 g/mol. The molecule has 0 aromatic rings. The lowest BCUT2D eigenvalue weighted by Gasteiger charge is -2.05. The van der Waals surface area contributed by atoms with E-state index in [0.29, 0.717) is 0 Å². The first-order chi connectivity index (χ1) is 8.10. The Bertz CT molecular complexity index is 139. The van der Waals surface area contributed by atoms with Crippen LogP contribution in [0.15, 0.2) is 0 Å². The minimum atomic E-state index is -0.995. The van der Waals surface area contributed by atoms with E-state index in [1.165, 1.54) is 45.4 Å². The summed E-state index contributed by atoms with van der Waals surface area (Å²) in [5.74, 6) is -0.995. The van der Waals surface area contributed by atoms with Gasteiger partial charge in [-0.1, -0.05) is 45.4 Å². The zero-order valence-corrected chi connectivity index (χ0v) is 11.7. The van der Waals surface area contributed by atoms with Crippen LogP contribution in [0.25, 0.3) is 0 Å². The number of carboxylic acids is 1. The van der Waals surface area contributed by atoms with Crippen LogP contribution in [0.4, 0.5) is 0 Å². The van der Waals surface area contributed by atoms with Crippen LogP contribution in [-0.2, 0) is 9.59 Å². The monoisotopic (exact) mass is 287 g/mol. The third kappa shape index (κ3) is 50.2. The molecule has 4 nitrogen and oxygen atoms in total. The molecule has 0 atom stereocenters. The normalized spacial score (nSPS) is 12.4. The van der Waals surface area contributed by atoms with Gasteiger partial charge in [-0.05, 0) is 6.42 Å². The summed E-state index contributed by atoms with van der Waals surface area (Å²) in [5, 5.41) is 16.3. The second-order valence-corrected chi connectivity index (χ2v) is 3.86. The van der Waals surface area contributed by atoms with Crippen LogP contribution < -0.4 is 5.11 Å². The predicted octanol–water partition coefficient (Wildman–Crippen LogP) is 2.61. The summed E-state index contributed by atoms with van der Waals surface area (Å²) in [4.78, 5) is 17.6. The Morgan fingerprint density at radius 2 is 1.29 bits per heavy atom. The van der Waals surface area contributed by atoms with Crippen LogP contribution in [0.1, 0.15) is 51.9 Å². The fourth-order valence-corrected chi connectivity index (χ4v) is 1.06. The predicted molar refractivity (Wildman–Crippen MR) is 68.3 cm³/mol. The van der Waals surface area contributed by atoms with Crippen molar-refractivity contribution >= 4 is 35.6 Å². The Balaban J connectivity index is -0.000000163. The molecule has 0 saturated heterocycles. The van der Waals surface area contributed by atoms with Crippen LogP contribution in [-0.4, -0.2) is 22.9 Å². The summed E-state index contributed by atoms with van der Waals surface area (Å²) in [7, 11) is 0. The molecule has 0 spiro atoms. The molecule has 0 amide bonds. The SMILES string of the molecule is C1CCCCC1.CCC(=O)[O-].ClCCl.O=CO. The number of alkyl halides is 2. The quantitative estimate of drug-likeness (QED) is 0.594. The van der Waals surface area contributed by atoms with Crippen molar-refractivity contribution in [2.75, 3.05) is 5.34 Å². The fraction of sp³-hybridized carbons (Fsp3) is 0.818. The standard InChI is InChI=1S/C6H12.C3H6O2.CH2Cl2.CH2O2/c1-2-4-6-5-3-1;1-2-3(4)5;2*2-1-3/h1-6H2;2H2,1H3,(H,4,5);1H2;1H,(H,2,3)/p-1. The Morgan fingerprint density at radius 3 is 1.35 bits per heavy atom. The number of carboxylic acid groups (broad SMARTS) is 2. The van der Waals surface area contributed by atoms with Crippen molar-refractivity contribution in [2.24, 2.45) is 0 Å². The number of carbonyl (C=O) groups is 2. The molecule has 1 rings (SSSR count). The first-order valence-electron chi connectivity index (χ1n) is 5.50. The number of carbonyl (C=O) groups excluding carboxylic acids is 1. The molecule has 1 aliphatic carbocycles. The average Bonchev–Trinajstić information content (AvgIpc) is 2.34. The summed E-state index contributed by atoms with van der Waals surface area (Å²) in [6.07, 6.45) is 9.11. The maximum Gasteiger partial charge on any atom is 0.290 e. The zero-order valence-electron chi connectivity index (χ0n) is 10.2. The van der Waals surface area contributed by atoms with Gasteiger partial charge in [-0.25, -0.2) is 0 Å². The van der Waals surface area contributed by atoms with E-state index in [9.17, 15) is 9.90 Å².